The summed E-state index contributed by atoms with van der Waals surface area (Å²) in [6, 6.07) is 1.74. The normalized spacial score (nSPS) is 24.2. The molecular formula is C16H23N5O3. The zero-order valence-corrected chi connectivity index (χ0v) is 14.0. The Morgan fingerprint density at radius 1 is 1.33 bits per heavy atom. The Balaban J connectivity index is 1.56. The molecule has 2 aliphatic heterocycles. The second-order valence-corrected chi connectivity index (χ2v) is 6.34. The largest absolute Gasteiger partial charge is 0.379 e. The molecule has 0 aromatic carbocycles. The minimum absolute atomic E-state index is 0.00469. The maximum absolute atomic E-state index is 12.4. The second-order valence-electron chi connectivity index (χ2n) is 6.34. The number of amides is 2. The van der Waals surface area contributed by atoms with Crippen LogP contribution in [0.4, 0.5) is 5.82 Å². The maximum atomic E-state index is 12.4. The van der Waals surface area contributed by atoms with Crippen LogP contribution < -0.4 is 10.6 Å². The summed E-state index contributed by atoms with van der Waals surface area (Å²) in [5, 5.41) is 6.43. The van der Waals surface area contributed by atoms with Gasteiger partial charge in [0.15, 0.2) is 0 Å². The van der Waals surface area contributed by atoms with E-state index in [1.807, 2.05) is 6.92 Å². The van der Waals surface area contributed by atoms with Crippen LogP contribution in [-0.2, 0) is 14.3 Å². The van der Waals surface area contributed by atoms with Crippen LogP contribution in [0.2, 0.25) is 0 Å². The first-order chi connectivity index (χ1) is 11.5. The summed E-state index contributed by atoms with van der Waals surface area (Å²) in [6.07, 6.45) is 2.45. The first kappa shape index (κ1) is 16.6. The summed E-state index contributed by atoms with van der Waals surface area (Å²) in [6.45, 7) is 5.50. The molecule has 24 heavy (non-hydrogen) atoms. The quantitative estimate of drug-likeness (QED) is 0.802. The van der Waals surface area contributed by atoms with Crippen molar-refractivity contribution in [2.75, 3.05) is 31.6 Å². The molecule has 3 heterocycles. The number of hydrogen-bond acceptors (Lipinski definition) is 6. The number of hydrogen-bond donors (Lipinski definition) is 2. The van der Waals surface area contributed by atoms with Crippen LogP contribution in [0.15, 0.2) is 12.3 Å². The van der Waals surface area contributed by atoms with E-state index in [-0.39, 0.29) is 29.8 Å². The summed E-state index contributed by atoms with van der Waals surface area (Å²) >= 11 is 0. The van der Waals surface area contributed by atoms with Crippen molar-refractivity contribution < 1.29 is 14.3 Å². The lowest BCUT2D eigenvalue weighted by Gasteiger charge is -2.40. The summed E-state index contributed by atoms with van der Waals surface area (Å²) in [5.41, 5.74) is 0. The van der Waals surface area contributed by atoms with Crippen LogP contribution in [0.25, 0.3) is 0 Å². The van der Waals surface area contributed by atoms with Gasteiger partial charge in [-0.15, -0.1) is 0 Å². The number of rotatable bonds is 4. The molecule has 0 bridgehead atoms. The number of anilines is 1. The van der Waals surface area contributed by atoms with Crippen molar-refractivity contribution in [2.45, 2.75) is 32.4 Å². The van der Waals surface area contributed by atoms with Crippen molar-refractivity contribution in [1.82, 2.24) is 20.2 Å². The molecule has 8 nitrogen and oxygen atoms in total. The van der Waals surface area contributed by atoms with Crippen molar-refractivity contribution in [1.29, 1.82) is 0 Å². The topological polar surface area (TPSA) is 96.5 Å². The van der Waals surface area contributed by atoms with Gasteiger partial charge in [0, 0.05) is 32.8 Å². The minimum atomic E-state index is -0.112. The van der Waals surface area contributed by atoms with Crippen molar-refractivity contribution in [3.8, 4) is 0 Å². The third kappa shape index (κ3) is 3.81. The molecule has 2 saturated heterocycles. The van der Waals surface area contributed by atoms with Gasteiger partial charge in [0.1, 0.15) is 11.6 Å². The predicted molar refractivity (Wildman–Crippen MR) is 87.3 cm³/mol. The lowest BCUT2D eigenvalue weighted by Crippen LogP contribution is -2.59. The highest BCUT2D eigenvalue weighted by Crippen LogP contribution is 2.18. The molecule has 1 aromatic rings. The Labute approximate surface area is 141 Å². The van der Waals surface area contributed by atoms with Crippen molar-refractivity contribution in [3.63, 3.8) is 0 Å². The summed E-state index contributed by atoms with van der Waals surface area (Å²) in [4.78, 5) is 33.7. The van der Waals surface area contributed by atoms with Crippen molar-refractivity contribution in [2.24, 2.45) is 5.92 Å². The van der Waals surface area contributed by atoms with Crippen LogP contribution in [0.3, 0.4) is 0 Å². The number of carbonyl (C=O) groups excluding carboxylic acids is 2. The summed E-state index contributed by atoms with van der Waals surface area (Å²) in [5.74, 6) is 1.33. The number of nitrogens with one attached hydrogen (secondary N) is 2. The molecule has 3 rings (SSSR count). The average molecular weight is 333 g/mol. The molecule has 0 aliphatic carbocycles. The number of nitrogens with zero attached hydrogens (tertiary/aromatic N) is 3. The lowest BCUT2D eigenvalue weighted by atomic mass is 9.96. The highest BCUT2D eigenvalue weighted by Gasteiger charge is 2.36. The van der Waals surface area contributed by atoms with Crippen LogP contribution in [-0.4, -0.2) is 65.1 Å². The molecule has 8 heteroatoms. The van der Waals surface area contributed by atoms with E-state index in [0.29, 0.717) is 32.1 Å². The standard InChI is InChI=1S/C16H23N5O3/c1-10-17-5-3-15(18-10)19-14-9-24-6-4-13(14)20-16(23)12-7-21(8-12)11(2)22/h3,5,12-14H,4,6-9H2,1-2H3,(H,20,23)(H,17,18,19)/t13-,14+/m0/s1. The van der Waals surface area contributed by atoms with E-state index >= 15 is 0 Å². The molecule has 2 amide bonds. The van der Waals surface area contributed by atoms with Crippen molar-refractivity contribution >= 4 is 17.6 Å². The smallest absolute Gasteiger partial charge is 0.226 e. The third-order valence-electron chi connectivity index (χ3n) is 4.49. The van der Waals surface area contributed by atoms with Crippen LogP contribution in [0, 0.1) is 12.8 Å². The molecule has 130 valence electrons. The van der Waals surface area contributed by atoms with E-state index in [9.17, 15) is 9.59 Å². The van der Waals surface area contributed by atoms with E-state index in [2.05, 4.69) is 20.6 Å². The lowest BCUT2D eigenvalue weighted by molar-refractivity contribution is -0.141. The zero-order valence-electron chi connectivity index (χ0n) is 14.0. The van der Waals surface area contributed by atoms with Gasteiger partial charge in [0.05, 0.1) is 24.6 Å². The van der Waals surface area contributed by atoms with Crippen LogP contribution in [0.5, 0.6) is 0 Å². The zero-order chi connectivity index (χ0) is 17.1. The van der Waals surface area contributed by atoms with E-state index in [1.54, 1.807) is 17.2 Å². The molecule has 0 spiro atoms. The van der Waals surface area contributed by atoms with Crippen molar-refractivity contribution in [3.05, 3.63) is 18.1 Å². The number of carbonyl (C=O) groups is 2. The van der Waals surface area contributed by atoms with E-state index < -0.39 is 0 Å². The molecule has 1 aromatic heterocycles. The number of likely N-dealkylation sites (tertiary alicyclic amines) is 1. The van der Waals surface area contributed by atoms with Gasteiger partial charge in [-0.2, -0.15) is 0 Å². The van der Waals surface area contributed by atoms with Gasteiger partial charge in [0.2, 0.25) is 11.8 Å². The van der Waals surface area contributed by atoms with Gasteiger partial charge < -0.3 is 20.3 Å². The number of aromatic nitrogens is 2. The average Bonchev–Trinajstić information content (AvgIpc) is 2.47. The molecular weight excluding hydrogens is 310 g/mol. The van der Waals surface area contributed by atoms with Gasteiger partial charge in [-0.3, -0.25) is 9.59 Å². The molecule has 2 aliphatic rings. The van der Waals surface area contributed by atoms with E-state index in [4.69, 9.17) is 4.74 Å². The maximum Gasteiger partial charge on any atom is 0.226 e. The number of ether oxygens (including phenoxy) is 1. The second kappa shape index (κ2) is 7.12. The molecule has 0 saturated carbocycles. The van der Waals surface area contributed by atoms with Gasteiger partial charge >= 0.3 is 0 Å². The fourth-order valence-corrected chi connectivity index (χ4v) is 2.98. The first-order valence-corrected chi connectivity index (χ1v) is 8.23. The SMILES string of the molecule is CC(=O)N1CC(C(=O)N[C@H]2CCOC[C@H]2Nc2ccnc(C)n2)C1. The Kier molecular flexibility index (Phi) is 4.94. The molecule has 2 atom stereocenters. The summed E-state index contributed by atoms with van der Waals surface area (Å²) in [7, 11) is 0. The highest BCUT2D eigenvalue weighted by atomic mass is 16.5. The van der Waals surface area contributed by atoms with E-state index in [0.717, 1.165) is 12.2 Å². The first-order valence-electron chi connectivity index (χ1n) is 8.23. The number of aryl methyl sites for hydroxylation is 1. The van der Waals surface area contributed by atoms with Gasteiger partial charge in [-0.1, -0.05) is 0 Å². The van der Waals surface area contributed by atoms with Gasteiger partial charge in [-0.05, 0) is 19.4 Å². The fraction of sp³-hybridized carbons (Fsp3) is 0.625. The Hall–Kier alpha value is -2.22. The Bertz CT molecular complexity index is 617. The third-order valence-corrected chi connectivity index (χ3v) is 4.49. The molecule has 2 N–H and O–H groups in total. The Morgan fingerprint density at radius 2 is 2.12 bits per heavy atom. The predicted octanol–water partition coefficient (Wildman–Crippen LogP) is -0.0511. The van der Waals surface area contributed by atoms with Crippen LogP contribution in [0.1, 0.15) is 19.2 Å². The van der Waals surface area contributed by atoms with E-state index in [1.165, 1.54) is 6.92 Å². The monoisotopic (exact) mass is 333 g/mol. The Morgan fingerprint density at radius 3 is 2.83 bits per heavy atom. The fourth-order valence-electron chi connectivity index (χ4n) is 2.98. The molecule has 0 unspecified atom stereocenters. The van der Waals surface area contributed by atoms with Crippen LogP contribution >= 0.6 is 0 Å². The summed E-state index contributed by atoms with van der Waals surface area (Å²) < 4.78 is 5.54. The van der Waals surface area contributed by atoms with Gasteiger partial charge in [-0.25, -0.2) is 9.97 Å². The molecule has 2 fully saturated rings. The van der Waals surface area contributed by atoms with Gasteiger partial charge in [0.25, 0.3) is 0 Å². The highest BCUT2D eigenvalue weighted by molar-refractivity contribution is 5.83. The minimum Gasteiger partial charge on any atom is -0.379 e. The molecule has 0 radical (unpaired) electrons.